The van der Waals surface area contributed by atoms with Crippen LogP contribution in [0.3, 0.4) is 0 Å². The minimum Gasteiger partial charge on any atom is -0.491 e. The average Bonchev–Trinajstić information content (AvgIpc) is 2.47. The fourth-order valence-corrected chi connectivity index (χ4v) is 2.26. The number of hydrogen-bond acceptors (Lipinski definition) is 5. The van der Waals surface area contributed by atoms with Crippen LogP contribution in [0.1, 0.15) is 6.92 Å². The van der Waals surface area contributed by atoms with Gasteiger partial charge in [-0.3, -0.25) is 9.69 Å². The second-order valence-corrected chi connectivity index (χ2v) is 5.23. The highest BCUT2D eigenvalue weighted by atomic mass is 35.5. The first-order valence-corrected chi connectivity index (χ1v) is 7.43. The zero-order valence-electron chi connectivity index (χ0n) is 12.1. The number of halogens is 1. The SMILES string of the molecule is CCOC(=O)CN1CCO[C@@H](COc2ccc(Cl)cc2)C1. The van der Waals surface area contributed by atoms with E-state index >= 15 is 0 Å². The van der Waals surface area contributed by atoms with Crippen molar-refractivity contribution in [1.29, 1.82) is 0 Å². The van der Waals surface area contributed by atoms with Crippen molar-refractivity contribution in [3.63, 3.8) is 0 Å². The fraction of sp³-hybridized carbons (Fsp3) is 0.533. The van der Waals surface area contributed by atoms with Gasteiger partial charge >= 0.3 is 5.97 Å². The first-order chi connectivity index (χ1) is 10.2. The van der Waals surface area contributed by atoms with Gasteiger partial charge in [-0.1, -0.05) is 11.6 Å². The van der Waals surface area contributed by atoms with Crippen LogP contribution in [0.15, 0.2) is 24.3 Å². The quantitative estimate of drug-likeness (QED) is 0.752. The van der Waals surface area contributed by atoms with E-state index in [0.717, 1.165) is 12.3 Å². The van der Waals surface area contributed by atoms with Crippen molar-refractivity contribution < 1.29 is 19.0 Å². The molecular weight excluding hydrogens is 294 g/mol. The number of rotatable bonds is 6. The summed E-state index contributed by atoms with van der Waals surface area (Å²) >= 11 is 5.82. The Morgan fingerprint density at radius 1 is 1.43 bits per heavy atom. The molecule has 0 N–H and O–H groups in total. The van der Waals surface area contributed by atoms with Crippen molar-refractivity contribution >= 4 is 17.6 Å². The molecule has 1 heterocycles. The summed E-state index contributed by atoms with van der Waals surface area (Å²) in [5.41, 5.74) is 0. The maximum atomic E-state index is 11.5. The Labute approximate surface area is 129 Å². The Morgan fingerprint density at radius 2 is 2.19 bits per heavy atom. The average molecular weight is 314 g/mol. The van der Waals surface area contributed by atoms with Crippen LogP contribution in [0, 0.1) is 0 Å². The predicted octanol–water partition coefficient (Wildman–Crippen LogP) is 1.98. The van der Waals surface area contributed by atoms with Gasteiger partial charge in [0.1, 0.15) is 18.5 Å². The van der Waals surface area contributed by atoms with Gasteiger partial charge in [-0.05, 0) is 31.2 Å². The highest BCUT2D eigenvalue weighted by Crippen LogP contribution is 2.16. The molecule has 0 unspecified atom stereocenters. The topological polar surface area (TPSA) is 48.0 Å². The minimum absolute atomic E-state index is 0.0520. The number of morpholine rings is 1. The van der Waals surface area contributed by atoms with Crippen LogP contribution in [0.2, 0.25) is 5.02 Å². The van der Waals surface area contributed by atoms with Crippen LogP contribution in [-0.4, -0.2) is 56.4 Å². The van der Waals surface area contributed by atoms with E-state index in [1.807, 2.05) is 17.0 Å². The summed E-state index contributed by atoms with van der Waals surface area (Å²) in [7, 11) is 0. The summed E-state index contributed by atoms with van der Waals surface area (Å²) in [5, 5.41) is 0.678. The van der Waals surface area contributed by atoms with E-state index in [9.17, 15) is 4.79 Å². The van der Waals surface area contributed by atoms with Crippen molar-refractivity contribution in [2.45, 2.75) is 13.0 Å². The van der Waals surface area contributed by atoms with Gasteiger partial charge in [-0.15, -0.1) is 0 Å². The molecule has 1 fully saturated rings. The summed E-state index contributed by atoms with van der Waals surface area (Å²) < 4.78 is 16.3. The number of nitrogens with zero attached hydrogens (tertiary/aromatic N) is 1. The third-order valence-corrected chi connectivity index (χ3v) is 3.38. The zero-order chi connectivity index (χ0) is 15.1. The molecule has 0 aromatic heterocycles. The molecule has 1 aromatic carbocycles. The summed E-state index contributed by atoms with van der Waals surface area (Å²) in [6.07, 6.45) is -0.0520. The lowest BCUT2D eigenvalue weighted by atomic mass is 10.3. The molecule has 0 spiro atoms. The van der Waals surface area contributed by atoms with Crippen LogP contribution in [0.5, 0.6) is 5.75 Å². The molecule has 1 atom stereocenters. The molecule has 0 saturated carbocycles. The highest BCUT2D eigenvalue weighted by Gasteiger charge is 2.23. The third-order valence-electron chi connectivity index (χ3n) is 3.13. The van der Waals surface area contributed by atoms with E-state index in [4.69, 9.17) is 25.8 Å². The molecule has 0 radical (unpaired) electrons. The van der Waals surface area contributed by atoms with Crippen LogP contribution in [0.4, 0.5) is 0 Å². The molecule has 5 nitrogen and oxygen atoms in total. The zero-order valence-corrected chi connectivity index (χ0v) is 12.8. The molecule has 21 heavy (non-hydrogen) atoms. The second kappa shape index (κ2) is 8.22. The van der Waals surface area contributed by atoms with Crippen LogP contribution >= 0.6 is 11.6 Å². The van der Waals surface area contributed by atoms with Crippen LogP contribution < -0.4 is 4.74 Å². The van der Waals surface area contributed by atoms with Crippen LogP contribution in [0.25, 0.3) is 0 Å². The Kier molecular flexibility index (Phi) is 6.29. The van der Waals surface area contributed by atoms with Crippen molar-refractivity contribution in [3.8, 4) is 5.75 Å². The largest absolute Gasteiger partial charge is 0.491 e. The van der Waals surface area contributed by atoms with E-state index in [1.165, 1.54) is 0 Å². The molecule has 1 aliphatic rings. The molecule has 116 valence electrons. The third kappa shape index (κ3) is 5.53. The normalized spacial score (nSPS) is 19.2. The Morgan fingerprint density at radius 3 is 2.90 bits per heavy atom. The van der Waals surface area contributed by atoms with E-state index in [-0.39, 0.29) is 12.1 Å². The van der Waals surface area contributed by atoms with Crippen molar-refractivity contribution in [2.75, 3.05) is 39.5 Å². The summed E-state index contributed by atoms with van der Waals surface area (Å²) in [5.74, 6) is 0.558. The smallest absolute Gasteiger partial charge is 0.320 e. The lowest BCUT2D eigenvalue weighted by Gasteiger charge is -2.31. The van der Waals surface area contributed by atoms with E-state index in [0.29, 0.717) is 37.9 Å². The van der Waals surface area contributed by atoms with Gasteiger partial charge in [0.2, 0.25) is 0 Å². The molecule has 0 bridgehead atoms. The first-order valence-electron chi connectivity index (χ1n) is 7.05. The van der Waals surface area contributed by atoms with E-state index < -0.39 is 0 Å². The first kappa shape index (κ1) is 16.1. The second-order valence-electron chi connectivity index (χ2n) is 4.80. The highest BCUT2D eigenvalue weighted by molar-refractivity contribution is 6.30. The Balaban J connectivity index is 1.76. The molecule has 0 amide bonds. The predicted molar refractivity (Wildman–Crippen MR) is 79.8 cm³/mol. The summed E-state index contributed by atoms with van der Waals surface area (Å²) in [4.78, 5) is 13.5. The lowest BCUT2D eigenvalue weighted by Crippen LogP contribution is -2.47. The lowest BCUT2D eigenvalue weighted by molar-refractivity contribution is -0.146. The number of benzene rings is 1. The number of carbonyl (C=O) groups excluding carboxylic acids is 1. The van der Waals surface area contributed by atoms with Gasteiger partial charge in [0.15, 0.2) is 0 Å². The molecule has 6 heteroatoms. The van der Waals surface area contributed by atoms with E-state index in [2.05, 4.69) is 0 Å². The van der Waals surface area contributed by atoms with Gasteiger partial charge < -0.3 is 14.2 Å². The standard InChI is InChI=1S/C15H20ClNO4/c1-2-19-15(18)10-17-7-8-20-14(9-17)11-21-13-5-3-12(16)4-6-13/h3-6,14H,2,7-11H2,1H3/t14-/m1/s1. The van der Waals surface area contributed by atoms with Crippen molar-refractivity contribution in [3.05, 3.63) is 29.3 Å². The molecule has 1 saturated heterocycles. The monoisotopic (exact) mass is 313 g/mol. The molecule has 2 rings (SSSR count). The summed E-state index contributed by atoms with van der Waals surface area (Å²) in [6.45, 7) is 4.94. The number of ether oxygens (including phenoxy) is 3. The van der Waals surface area contributed by atoms with Crippen molar-refractivity contribution in [2.24, 2.45) is 0 Å². The minimum atomic E-state index is -0.197. The number of hydrogen-bond donors (Lipinski definition) is 0. The summed E-state index contributed by atoms with van der Waals surface area (Å²) in [6, 6.07) is 7.21. The maximum absolute atomic E-state index is 11.5. The number of esters is 1. The van der Waals surface area contributed by atoms with Crippen molar-refractivity contribution in [1.82, 2.24) is 4.90 Å². The van der Waals surface area contributed by atoms with E-state index in [1.54, 1.807) is 19.1 Å². The van der Waals surface area contributed by atoms with Gasteiger partial charge in [-0.25, -0.2) is 0 Å². The van der Waals surface area contributed by atoms with Gasteiger partial charge in [0, 0.05) is 18.1 Å². The maximum Gasteiger partial charge on any atom is 0.320 e. The Hall–Kier alpha value is -1.30. The van der Waals surface area contributed by atoms with Gasteiger partial charge in [-0.2, -0.15) is 0 Å². The fourth-order valence-electron chi connectivity index (χ4n) is 2.13. The Bertz CT molecular complexity index is 451. The van der Waals surface area contributed by atoms with Crippen LogP contribution in [-0.2, 0) is 14.3 Å². The van der Waals surface area contributed by atoms with Gasteiger partial charge in [0.25, 0.3) is 0 Å². The number of carbonyl (C=O) groups is 1. The molecular formula is C15H20ClNO4. The molecule has 1 aliphatic heterocycles. The molecule has 0 aliphatic carbocycles. The van der Waals surface area contributed by atoms with Gasteiger partial charge in [0.05, 0.1) is 19.8 Å². The molecule has 1 aromatic rings.